The maximum Gasteiger partial charge on any atom is 0.416 e. The van der Waals surface area contributed by atoms with E-state index in [-0.39, 0.29) is 24.3 Å². The van der Waals surface area contributed by atoms with E-state index in [1.54, 1.807) is 13.0 Å². The third kappa shape index (κ3) is 4.55. The van der Waals surface area contributed by atoms with Crippen LogP contribution in [0.1, 0.15) is 24.5 Å². The Bertz CT molecular complexity index is 521. The van der Waals surface area contributed by atoms with E-state index in [0.29, 0.717) is 12.7 Å². The highest BCUT2D eigenvalue weighted by Gasteiger charge is 2.31. The molecule has 0 aromatic heterocycles. The average molecular weight is 286 g/mol. The van der Waals surface area contributed by atoms with Gasteiger partial charge in [-0.1, -0.05) is 0 Å². The van der Waals surface area contributed by atoms with Gasteiger partial charge in [-0.25, -0.2) is 0 Å². The van der Waals surface area contributed by atoms with E-state index in [2.05, 4.69) is 5.32 Å². The number of rotatable bonds is 5. The van der Waals surface area contributed by atoms with Gasteiger partial charge in [0, 0.05) is 6.61 Å². The second-order valence-electron chi connectivity index (χ2n) is 3.87. The quantitative estimate of drug-likeness (QED) is 0.846. The van der Waals surface area contributed by atoms with Gasteiger partial charge in [0.2, 0.25) is 5.91 Å². The lowest BCUT2D eigenvalue weighted by Gasteiger charge is -2.11. The van der Waals surface area contributed by atoms with Gasteiger partial charge in [-0.3, -0.25) is 4.79 Å². The summed E-state index contributed by atoms with van der Waals surface area (Å²) in [5.41, 5.74) is -1.10. The monoisotopic (exact) mass is 286 g/mol. The van der Waals surface area contributed by atoms with Gasteiger partial charge in [-0.15, -0.1) is 0 Å². The number of carbonyl (C=O) groups is 1. The highest BCUT2D eigenvalue weighted by atomic mass is 19.4. The smallest absolute Gasteiger partial charge is 0.381 e. The molecular formula is C13H13F3N2O2. The fourth-order valence-corrected chi connectivity index (χ4v) is 1.44. The normalized spacial score (nSPS) is 10.9. The molecule has 20 heavy (non-hydrogen) atoms. The lowest BCUT2D eigenvalue weighted by atomic mass is 10.1. The molecule has 7 heteroatoms. The van der Waals surface area contributed by atoms with E-state index < -0.39 is 17.6 Å². The minimum Gasteiger partial charge on any atom is -0.381 e. The Balaban J connectivity index is 2.81. The van der Waals surface area contributed by atoms with Crippen molar-refractivity contribution in [2.45, 2.75) is 19.5 Å². The molecular weight excluding hydrogens is 273 g/mol. The van der Waals surface area contributed by atoms with Crippen LogP contribution in [-0.4, -0.2) is 19.1 Å². The molecule has 0 saturated heterocycles. The van der Waals surface area contributed by atoms with Crippen molar-refractivity contribution in [3.8, 4) is 6.07 Å². The summed E-state index contributed by atoms with van der Waals surface area (Å²) in [5.74, 6) is -0.422. The number of alkyl halides is 3. The maximum atomic E-state index is 12.5. The number of nitrogens with zero attached hydrogens (tertiary/aromatic N) is 1. The van der Waals surface area contributed by atoms with Gasteiger partial charge < -0.3 is 10.1 Å². The van der Waals surface area contributed by atoms with Crippen LogP contribution in [0.15, 0.2) is 18.2 Å². The molecule has 0 aliphatic rings. The second kappa shape index (κ2) is 6.91. The van der Waals surface area contributed by atoms with E-state index in [1.165, 1.54) is 0 Å². The lowest BCUT2D eigenvalue weighted by molar-refractivity contribution is -0.137. The Labute approximate surface area is 114 Å². The van der Waals surface area contributed by atoms with E-state index in [1.807, 2.05) is 0 Å². The van der Waals surface area contributed by atoms with Gasteiger partial charge in [0.1, 0.15) is 6.07 Å². The molecule has 1 N–H and O–H groups in total. The van der Waals surface area contributed by atoms with Crippen molar-refractivity contribution in [1.82, 2.24) is 0 Å². The minimum absolute atomic E-state index is 0.0574. The zero-order valence-electron chi connectivity index (χ0n) is 10.8. The number of amides is 1. The molecule has 0 aliphatic heterocycles. The van der Waals surface area contributed by atoms with Crippen molar-refractivity contribution in [3.63, 3.8) is 0 Å². The molecule has 1 rings (SSSR count). The molecule has 0 unspecified atom stereocenters. The first-order chi connectivity index (χ1) is 9.38. The van der Waals surface area contributed by atoms with Crippen molar-refractivity contribution in [3.05, 3.63) is 29.3 Å². The SMILES string of the molecule is CCOCCC(=O)Nc1ccc(C(F)(F)F)cc1C#N. The van der Waals surface area contributed by atoms with Gasteiger partial charge in [0.15, 0.2) is 0 Å². The summed E-state index contributed by atoms with van der Waals surface area (Å²) < 4.78 is 42.5. The summed E-state index contributed by atoms with van der Waals surface area (Å²) in [4.78, 5) is 11.5. The number of nitriles is 1. The number of halogens is 3. The van der Waals surface area contributed by atoms with Gasteiger partial charge in [-0.2, -0.15) is 18.4 Å². The first-order valence-corrected chi connectivity index (χ1v) is 5.87. The summed E-state index contributed by atoms with van der Waals surface area (Å²) in [6, 6.07) is 4.23. The number of carbonyl (C=O) groups excluding carboxylic acids is 1. The summed E-state index contributed by atoms with van der Waals surface area (Å²) in [6.07, 6.45) is -4.46. The fourth-order valence-electron chi connectivity index (χ4n) is 1.44. The van der Waals surface area contributed by atoms with Crippen molar-refractivity contribution < 1.29 is 22.7 Å². The van der Waals surface area contributed by atoms with E-state index >= 15 is 0 Å². The Morgan fingerprint density at radius 1 is 1.45 bits per heavy atom. The zero-order chi connectivity index (χ0) is 15.2. The number of anilines is 1. The number of benzene rings is 1. The number of hydrogen-bond acceptors (Lipinski definition) is 3. The van der Waals surface area contributed by atoms with Crippen LogP contribution in [0.25, 0.3) is 0 Å². The lowest BCUT2D eigenvalue weighted by Crippen LogP contribution is -2.15. The second-order valence-corrected chi connectivity index (χ2v) is 3.87. The first kappa shape index (κ1) is 16.0. The predicted molar refractivity (Wildman–Crippen MR) is 65.9 cm³/mol. The molecule has 4 nitrogen and oxygen atoms in total. The van der Waals surface area contributed by atoms with Crippen molar-refractivity contribution in [2.75, 3.05) is 18.5 Å². The van der Waals surface area contributed by atoms with Crippen LogP contribution in [0.2, 0.25) is 0 Å². The molecule has 0 heterocycles. The summed E-state index contributed by atoms with van der Waals surface area (Å²) >= 11 is 0. The average Bonchev–Trinajstić information content (AvgIpc) is 2.38. The molecule has 108 valence electrons. The topological polar surface area (TPSA) is 62.1 Å². The van der Waals surface area contributed by atoms with Gasteiger partial charge in [0.05, 0.1) is 29.8 Å². The number of nitrogens with one attached hydrogen (secondary N) is 1. The Hall–Kier alpha value is -2.07. The molecule has 1 aromatic carbocycles. The van der Waals surface area contributed by atoms with Crippen LogP contribution < -0.4 is 5.32 Å². The van der Waals surface area contributed by atoms with E-state index in [4.69, 9.17) is 10.00 Å². The molecule has 0 aliphatic carbocycles. The molecule has 0 spiro atoms. The van der Waals surface area contributed by atoms with E-state index in [0.717, 1.165) is 12.1 Å². The maximum absolute atomic E-state index is 12.5. The molecule has 1 amide bonds. The Morgan fingerprint density at radius 3 is 2.70 bits per heavy atom. The van der Waals surface area contributed by atoms with Crippen molar-refractivity contribution in [1.29, 1.82) is 5.26 Å². The third-order valence-corrected chi connectivity index (χ3v) is 2.42. The summed E-state index contributed by atoms with van der Waals surface area (Å²) in [5, 5.41) is 11.2. The summed E-state index contributed by atoms with van der Waals surface area (Å²) in [7, 11) is 0. The fraction of sp³-hybridized carbons (Fsp3) is 0.385. The standard InChI is InChI=1S/C13H13F3N2O2/c1-2-20-6-5-12(19)18-11-4-3-10(13(14,15)16)7-9(11)8-17/h3-4,7H,2,5-6H2,1H3,(H,18,19). The molecule has 0 bridgehead atoms. The highest BCUT2D eigenvalue weighted by molar-refractivity contribution is 5.92. The molecule has 1 aromatic rings. The van der Waals surface area contributed by atoms with Crippen LogP contribution in [-0.2, 0) is 15.7 Å². The zero-order valence-corrected chi connectivity index (χ0v) is 10.8. The van der Waals surface area contributed by atoms with Crippen LogP contribution in [0.3, 0.4) is 0 Å². The summed E-state index contributed by atoms with van der Waals surface area (Å²) in [6.45, 7) is 2.46. The van der Waals surface area contributed by atoms with Crippen LogP contribution in [0, 0.1) is 11.3 Å². The molecule has 0 atom stereocenters. The molecule has 0 saturated carbocycles. The Morgan fingerprint density at radius 2 is 2.15 bits per heavy atom. The minimum atomic E-state index is -4.52. The van der Waals surface area contributed by atoms with Gasteiger partial charge >= 0.3 is 6.18 Å². The molecule has 0 radical (unpaired) electrons. The van der Waals surface area contributed by atoms with Crippen LogP contribution >= 0.6 is 0 Å². The number of ether oxygens (including phenoxy) is 1. The number of hydrogen-bond donors (Lipinski definition) is 1. The van der Waals surface area contributed by atoms with Crippen molar-refractivity contribution in [2.24, 2.45) is 0 Å². The van der Waals surface area contributed by atoms with Crippen molar-refractivity contribution >= 4 is 11.6 Å². The van der Waals surface area contributed by atoms with Crippen LogP contribution in [0.4, 0.5) is 18.9 Å². The largest absolute Gasteiger partial charge is 0.416 e. The van der Waals surface area contributed by atoms with E-state index in [9.17, 15) is 18.0 Å². The Kier molecular flexibility index (Phi) is 5.53. The van der Waals surface area contributed by atoms with Gasteiger partial charge in [-0.05, 0) is 25.1 Å². The van der Waals surface area contributed by atoms with Gasteiger partial charge in [0.25, 0.3) is 0 Å². The predicted octanol–water partition coefficient (Wildman–Crippen LogP) is 2.94. The third-order valence-electron chi connectivity index (χ3n) is 2.42. The highest BCUT2D eigenvalue weighted by Crippen LogP contribution is 2.31. The molecule has 0 fully saturated rings. The van der Waals surface area contributed by atoms with Crippen LogP contribution in [0.5, 0.6) is 0 Å². The first-order valence-electron chi connectivity index (χ1n) is 5.87.